The van der Waals surface area contributed by atoms with Crippen LogP contribution in [0.15, 0.2) is 42.5 Å². The molecule has 29 heavy (non-hydrogen) atoms. The number of nitro benzene ring substituents is 1. The van der Waals surface area contributed by atoms with Gasteiger partial charge in [0.05, 0.1) is 18.0 Å². The molecule has 1 atom stereocenters. The average molecular weight is 418 g/mol. The molecule has 2 aromatic rings. The maximum Gasteiger partial charge on any atom is 0.269 e. The molecule has 1 saturated heterocycles. The highest BCUT2D eigenvalue weighted by Crippen LogP contribution is 2.29. The van der Waals surface area contributed by atoms with E-state index in [1.807, 2.05) is 0 Å². The number of hydrogen-bond donors (Lipinski definition) is 0. The lowest BCUT2D eigenvalue weighted by atomic mass is 10.1. The Balaban J connectivity index is 1.71. The zero-order valence-electron chi connectivity index (χ0n) is 16.0. The van der Waals surface area contributed by atoms with Crippen molar-refractivity contribution in [1.82, 2.24) is 4.90 Å². The number of methoxy groups -OCH3 is 1. The topological polar surface area (TPSA) is 93.0 Å². The first-order valence-electron chi connectivity index (χ1n) is 8.92. The van der Waals surface area contributed by atoms with E-state index in [2.05, 4.69) is 0 Å². The Morgan fingerprint density at radius 1 is 1.34 bits per heavy atom. The van der Waals surface area contributed by atoms with E-state index in [1.165, 1.54) is 23.1 Å². The summed E-state index contributed by atoms with van der Waals surface area (Å²) in [5.74, 6) is -0.233. The van der Waals surface area contributed by atoms with Crippen molar-refractivity contribution < 1.29 is 19.2 Å². The highest BCUT2D eigenvalue weighted by molar-refractivity contribution is 6.31. The number of nitro groups is 1. The Hall–Kier alpha value is -3.13. The standard InChI is InChI=1S/C20H20ClN3O5/c1-22(11-13-8-16(24(27)28)6-7-18(13)21)20(26)14-9-19(25)23(12-14)15-4-3-5-17(10-15)29-2/h3-8,10,14H,9,11-12H2,1-2H3/t14-/m1/s1. The van der Waals surface area contributed by atoms with Crippen LogP contribution >= 0.6 is 11.6 Å². The Kier molecular flexibility index (Phi) is 6.03. The highest BCUT2D eigenvalue weighted by atomic mass is 35.5. The Labute approximate surface area is 172 Å². The zero-order chi connectivity index (χ0) is 21.1. The van der Waals surface area contributed by atoms with Crippen LogP contribution in [0.4, 0.5) is 11.4 Å². The van der Waals surface area contributed by atoms with Crippen LogP contribution in [0.1, 0.15) is 12.0 Å². The summed E-state index contributed by atoms with van der Waals surface area (Å²) in [5.41, 5.74) is 1.06. The Bertz CT molecular complexity index is 965. The van der Waals surface area contributed by atoms with Gasteiger partial charge in [0.25, 0.3) is 5.69 Å². The normalized spacial score (nSPS) is 16.0. The quantitative estimate of drug-likeness (QED) is 0.531. The molecule has 0 saturated carbocycles. The van der Waals surface area contributed by atoms with Crippen molar-refractivity contribution >= 4 is 34.8 Å². The fraction of sp³-hybridized carbons (Fsp3) is 0.300. The molecule has 0 spiro atoms. The van der Waals surface area contributed by atoms with Crippen molar-refractivity contribution in [3.63, 3.8) is 0 Å². The molecule has 1 aliphatic heterocycles. The van der Waals surface area contributed by atoms with Gasteiger partial charge in [-0.3, -0.25) is 19.7 Å². The van der Waals surface area contributed by atoms with Gasteiger partial charge in [-0.05, 0) is 23.8 Å². The molecule has 3 rings (SSSR count). The lowest BCUT2D eigenvalue weighted by Gasteiger charge is -2.22. The van der Waals surface area contributed by atoms with Gasteiger partial charge in [-0.1, -0.05) is 17.7 Å². The molecule has 0 N–H and O–H groups in total. The molecule has 2 aromatic carbocycles. The van der Waals surface area contributed by atoms with E-state index in [0.29, 0.717) is 22.0 Å². The average Bonchev–Trinajstić information content (AvgIpc) is 3.10. The smallest absolute Gasteiger partial charge is 0.269 e. The second kappa shape index (κ2) is 8.48. The van der Waals surface area contributed by atoms with Gasteiger partial charge < -0.3 is 14.5 Å². The predicted molar refractivity (Wildman–Crippen MR) is 108 cm³/mol. The van der Waals surface area contributed by atoms with Crippen molar-refractivity contribution in [2.75, 3.05) is 25.6 Å². The molecule has 1 aliphatic rings. The molecular weight excluding hydrogens is 398 g/mol. The zero-order valence-corrected chi connectivity index (χ0v) is 16.8. The number of carbonyl (C=O) groups is 2. The summed E-state index contributed by atoms with van der Waals surface area (Å²) < 4.78 is 5.19. The maximum absolute atomic E-state index is 12.9. The van der Waals surface area contributed by atoms with Gasteiger partial charge in [0.15, 0.2) is 0 Å². The Morgan fingerprint density at radius 3 is 2.79 bits per heavy atom. The van der Waals surface area contributed by atoms with Gasteiger partial charge in [-0.15, -0.1) is 0 Å². The lowest BCUT2D eigenvalue weighted by molar-refractivity contribution is -0.384. The number of nitrogens with zero attached hydrogens (tertiary/aromatic N) is 3. The van der Waals surface area contributed by atoms with Gasteiger partial charge in [-0.2, -0.15) is 0 Å². The third-order valence-corrected chi connectivity index (χ3v) is 5.23. The number of amides is 2. The number of hydrogen-bond acceptors (Lipinski definition) is 5. The van der Waals surface area contributed by atoms with Crippen LogP contribution in [0.2, 0.25) is 5.02 Å². The summed E-state index contributed by atoms with van der Waals surface area (Å²) in [4.78, 5) is 38.8. The van der Waals surface area contributed by atoms with Crippen molar-refractivity contribution in [2.45, 2.75) is 13.0 Å². The highest BCUT2D eigenvalue weighted by Gasteiger charge is 2.36. The van der Waals surface area contributed by atoms with Crippen molar-refractivity contribution in [3.8, 4) is 5.75 Å². The minimum absolute atomic E-state index is 0.0921. The predicted octanol–water partition coefficient (Wildman–Crippen LogP) is 3.27. The number of halogens is 1. The van der Waals surface area contributed by atoms with Crippen molar-refractivity contribution in [3.05, 3.63) is 63.2 Å². The first-order valence-corrected chi connectivity index (χ1v) is 9.30. The second-order valence-electron chi connectivity index (χ2n) is 6.83. The fourth-order valence-corrected chi connectivity index (χ4v) is 3.52. The summed E-state index contributed by atoms with van der Waals surface area (Å²) in [5, 5.41) is 11.3. The van der Waals surface area contributed by atoms with Gasteiger partial charge in [0.1, 0.15) is 5.75 Å². The molecule has 0 radical (unpaired) electrons. The Morgan fingerprint density at radius 2 is 2.10 bits per heavy atom. The van der Waals surface area contributed by atoms with Gasteiger partial charge in [0, 0.05) is 55.5 Å². The van der Waals surface area contributed by atoms with Gasteiger partial charge in [0.2, 0.25) is 11.8 Å². The van der Waals surface area contributed by atoms with Crippen LogP contribution in [0.5, 0.6) is 5.75 Å². The molecular formula is C20H20ClN3O5. The summed E-state index contributed by atoms with van der Waals surface area (Å²) in [6.45, 7) is 0.376. The molecule has 0 aromatic heterocycles. The van der Waals surface area contributed by atoms with E-state index >= 15 is 0 Å². The molecule has 1 fully saturated rings. The number of carbonyl (C=O) groups excluding carboxylic acids is 2. The summed E-state index contributed by atoms with van der Waals surface area (Å²) in [7, 11) is 3.14. The molecule has 0 bridgehead atoms. The number of ether oxygens (including phenoxy) is 1. The molecule has 1 heterocycles. The first-order chi connectivity index (χ1) is 13.8. The monoisotopic (exact) mass is 417 g/mol. The van der Waals surface area contributed by atoms with Crippen LogP contribution in [0.25, 0.3) is 0 Å². The van der Waals surface area contributed by atoms with E-state index in [4.69, 9.17) is 16.3 Å². The lowest BCUT2D eigenvalue weighted by Crippen LogP contribution is -2.34. The van der Waals surface area contributed by atoms with Crippen molar-refractivity contribution in [2.24, 2.45) is 5.92 Å². The largest absolute Gasteiger partial charge is 0.497 e. The summed E-state index contributed by atoms with van der Waals surface area (Å²) in [6, 6.07) is 11.2. The maximum atomic E-state index is 12.9. The summed E-state index contributed by atoms with van der Waals surface area (Å²) in [6.07, 6.45) is 0.100. The molecule has 9 heteroatoms. The SMILES string of the molecule is COc1cccc(N2C[C@H](C(=O)N(C)Cc3cc([N+](=O)[O-])ccc3Cl)CC2=O)c1. The minimum Gasteiger partial charge on any atom is -0.497 e. The van der Waals surface area contributed by atoms with Crippen molar-refractivity contribution in [1.29, 1.82) is 0 Å². The number of rotatable bonds is 6. The van der Waals surface area contributed by atoms with Crippen LogP contribution in [-0.4, -0.2) is 42.3 Å². The number of anilines is 1. The van der Waals surface area contributed by atoms with Gasteiger partial charge >= 0.3 is 0 Å². The first kappa shape index (κ1) is 20.6. The third-order valence-electron chi connectivity index (χ3n) is 4.86. The minimum atomic E-state index is -0.511. The van der Waals surface area contributed by atoms with Gasteiger partial charge in [-0.25, -0.2) is 0 Å². The molecule has 0 aliphatic carbocycles. The molecule has 2 amide bonds. The van der Waals surface area contributed by atoms with E-state index in [9.17, 15) is 19.7 Å². The van der Waals surface area contributed by atoms with E-state index in [1.54, 1.807) is 43.3 Å². The number of benzene rings is 2. The number of non-ortho nitro benzene ring substituents is 1. The van der Waals surface area contributed by atoms with E-state index in [0.717, 1.165) is 0 Å². The van der Waals surface area contributed by atoms with E-state index < -0.39 is 10.8 Å². The molecule has 0 unspecified atom stereocenters. The molecule has 152 valence electrons. The van der Waals surface area contributed by atoms with Crippen LogP contribution in [-0.2, 0) is 16.1 Å². The van der Waals surface area contributed by atoms with Crippen LogP contribution < -0.4 is 9.64 Å². The fourth-order valence-electron chi connectivity index (χ4n) is 3.34. The molecule has 8 nitrogen and oxygen atoms in total. The van der Waals surface area contributed by atoms with Crippen LogP contribution in [0.3, 0.4) is 0 Å². The summed E-state index contributed by atoms with van der Waals surface area (Å²) >= 11 is 6.13. The van der Waals surface area contributed by atoms with Crippen LogP contribution in [0, 0.1) is 16.0 Å². The van der Waals surface area contributed by atoms with E-state index in [-0.39, 0.29) is 37.0 Å². The third kappa shape index (κ3) is 4.48. The second-order valence-corrected chi connectivity index (χ2v) is 7.24.